The number of carbonyl (C=O) groups excluding carboxylic acids is 8. The van der Waals surface area contributed by atoms with Crippen LogP contribution in [0.5, 0.6) is 0 Å². The number of hydrogen-bond donors (Lipinski definition) is 7. The molecule has 14 rings (SSSR count). The van der Waals surface area contributed by atoms with Crippen LogP contribution in [0.3, 0.4) is 0 Å². The van der Waals surface area contributed by atoms with Crippen molar-refractivity contribution < 1.29 is 110 Å². The fourth-order valence-corrected chi connectivity index (χ4v) is 16.7. The van der Waals surface area contributed by atoms with Gasteiger partial charge in [0.05, 0.1) is 159 Å². The van der Waals surface area contributed by atoms with Gasteiger partial charge in [-0.3, -0.25) is 14.4 Å². The van der Waals surface area contributed by atoms with Crippen LogP contribution < -0.4 is 21.4 Å². The number of halogens is 5. The van der Waals surface area contributed by atoms with Crippen LogP contribution in [0.1, 0.15) is 207 Å². The number of piperidine rings is 1. The Morgan fingerprint density at radius 1 is 0.514 bits per heavy atom. The average molecular weight is 2150 g/mol. The summed E-state index contributed by atoms with van der Waals surface area (Å²) in [5.41, 5.74) is 22.1. The largest absolute Gasteiger partial charge is 0.478 e. The number of thiocarbonyl (C=S) groups is 1. The molecule has 0 bridgehead atoms. The predicted molar refractivity (Wildman–Crippen MR) is 563 cm³/mol. The van der Waals surface area contributed by atoms with E-state index in [1.807, 2.05) is 109 Å². The number of esters is 6. The number of anilines is 2. The summed E-state index contributed by atoms with van der Waals surface area (Å²) in [5, 5.41) is 59.4. The molecule has 2 amide bonds. The standard InChI is InChI=1S/C33H31ClF3N5O3S.C16H17NO4S.C13H13NO3S.C10H11NO2S.C10H9NO2.C9H9BrO2.C9H10O2.C8H8O2/c34-28-9-7-22(16-27(28)33(35,36)37)19-38-41-32(45)26-18-25(42-12-2-1-3-13-42)8-10-29(26)40-31(44)23-6-4-5-21(15-23)17-30-39-24(11-14-43)20-46-30;1-11(18)21-7-6-14-10-22-15(17-14)9-12-4-3-5-13(8-12)16(19)20-2;15-5-4-11-8-18-12(14-11)7-9-2-1-3-10(6-9)13(16)17;1-13-10(12)8-4-2-3-7(5-8)6-9(11)14;1-13-10(12)9-4-2-3-8(7-9)5-6-11;1-12-9(11)8-4-2-3-7(5-8)6-10;1-7-4-3-5-8(6-7)9(10)11-2;1-6-3-2-4-7(5-6)8(9)10/h4-10,15-16,18-20,43H,1-3,11-14,17H2,(H,40,44)(H,41,45);3-5,8,10H,6-7,9H2,1-2H3;1-3,6,8,15H,4-5,7H2,(H,16,17);2-5H,6H2,1H3,(H2,11,14);2-4,7H,5H2,1H3;2-5H,6H2,1H3;3-6H,1-2H3;2-5H,1H3,(H,9,10)/b38-19+;;;;;;;. The van der Waals surface area contributed by atoms with E-state index in [1.54, 1.807) is 151 Å². The zero-order valence-corrected chi connectivity index (χ0v) is 86.5. The molecule has 0 aliphatic carbocycles. The van der Waals surface area contributed by atoms with Crippen molar-refractivity contribution in [2.45, 2.75) is 103 Å². The zero-order valence-electron chi connectivity index (χ0n) is 80.9. The van der Waals surface area contributed by atoms with Crippen molar-refractivity contribution >= 4 is 156 Å². The second-order valence-corrected chi connectivity index (χ2v) is 35.9. The first-order valence-corrected chi connectivity index (χ1v) is 49.4. The first kappa shape index (κ1) is 118. The molecule has 0 unspecified atom stereocenters. The number of aromatic carboxylic acids is 2. The molecule has 3 aromatic heterocycles. The quantitative estimate of drug-likeness (QED) is 0.00549. The monoisotopic (exact) mass is 2150 g/mol. The molecule has 764 valence electrons. The van der Waals surface area contributed by atoms with Gasteiger partial charge in [0.1, 0.15) is 0 Å². The molecule has 1 fully saturated rings. The predicted octanol–water partition coefficient (Wildman–Crippen LogP) is 20.2. The number of thiazole rings is 3. The highest BCUT2D eigenvalue weighted by Gasteiger charge is 2.33. The number of ether oxygens (including phenoxy) is 6. The smallest absolute Gasteiger partial charge is 0.417 e. The number of aryl methyl sites for hydroxylation is 2. The summed E-state index contributed by atoms with van der Waals surface area (Å²) < 4.78 is 67.7. The van der Waals surface area contributed by atoms with Gasteiger partial charge in [0.15, 0.2) is 0 Å². The normalized spacial score (nSPS) is 11.0. The molecule has 1 aliphatic heterocycles. The van der Waals surface area contributed by atoms with Gasteiger partial charge in [0.2, 0.25) is 0 Å². The van der Waals surface area contributed by atoms with Crippen LogP contribution in [0.15, 0.2) is 252 Å². The van der Waals surface area contributed by atoms with E-state index in [0.29, 0.717) is 107 Å². The highest BCUT2D eigenvalue weighted by atomic mass is 79.9. The molecule has 0 saturated carbocycles. The molecular weight excluding hydrogens is 2040 g/mol. The zero-order chi connectivity index (χ0) is 107. The maximum Gasteiger partial charge on any atom is 0.417 e. The number of rotatable bonds is 30. The summed E-state index contributed by atoms with van der Waals surface area (Å²) in [7, 11) is 6.81. The summed E-state index contributed by atoms with van der Waals surface area (Å²) in [6.07, 6.45) is 3.88. The molecule has 10 aromatic carbocycles. The lowest BCUT2D eigenvalue weighted by Gasteiger charge is -2.29. The molecule has 13 aromatic rings. The van der Waals surface area contributed by atoms with Crippen LogP contribution in [0.4, 0.5) is 24.5 Å². The highest BCUT2D eigenvalue weighted by molar-refractivity contribution is 9.08. The topological polar surface area (TPSA) is 435 Å². The number of carboxylic acid groups (broad SMARTS) is 2. The number of aromatic nitrogens is 3. The summed E-state index contributed by atoms with van der Waals surface area (Å²) in [5.74, 6) is -4.79. The summed E-state index contributed by atoms with van der Waals surface area (Å²) in [6.45, 7) is 7.32. The van der Waals surface area contributed by atoms with Crippen molar-refractivity contribution in [1.29, 1.82) is 5.26 Å². The maximum atomic E-state index is 13.4. The molecular formula is C108H108BrClF3N9O20S4. The molecule has 1 saturated heterocycles. The minimum atomic E-state index is -4.64. The number of nitrogens with one attached hydrogen (secondary N) is 2. The van der Waals surface area contributed by atoms with Crippen molar-refractivity contribution in [1.82, 2.24) is 20.4 Å². The van der Waals surface area contributed by atoms with E-state index < -0.39 is 40.5 Å². The third-order valence-corrected chi connectivity index (χ3v) is 24.2. The number of nitrogens with two attached hydrogens (primary N) is 1. The van der Waals surface area contributed by atoms with Gasteiger partial charge in [-0.25, -0.2) is 53.9 Å². The van der Waals surface area contributed by atoms with Crippen LogP contribution in [0.25, 0.3) is 0 Å². The number of hydrogen-bond acceptors (Lipinski definition) is 28. The van der Waals surface area contributed by atoms with Gasteiger partial charge in [-0.1, -0.05) is 154 Å². The van der Waals surface area contributed by atoms with Gasteiger partial charge in [0.25, 0.3) is 11.8 Å². The number of carbonyl (C=O) groups is 10. The lowest BCUT2D eigenvalue weighted by atomic mass is 10.1. The SMILES string of the molecule is COC(=O)c1cccc(C)c1.COC(=O)c1cccc(CBr)c1.COC(=O)c1cccc(CC#N)c1.COC(=O)c1cccc(CC(N)=S)c1.COC(=O)c1cccc(Cc2nc(CCOC(C)=O)cs2)c1.Cc1cccc(C(=O)O)c1.O=C(Nc1ccc(N2CCCCC2)cc1C(=O)N/N=C/c1ccc(Cl)c(C(F)(F)F)c1)c1cccc(Cc2nc(CCO)cs2)c1.O=C(O)c1cccc(Cc2nc(CCO)cs2)c1. The maximum absolute atomic E-state index is 13.4. The third-order valence-electron chi connectivity index (χ3n) is 20.4. The third kappa shape index (κ3) is 41.8. The van der Waals surface area contributed by atoms with Crippen LogP contribution in [0, 0.1) is 25.2 Å². The molecule has 146 heavy (non-hydrogen) atoms. The minimum Gasteiger partial charge on any atom is -0.478 e. The second kappa shape index (κ2) is 62.6. The number of aliphatic hydroxyl groups excluding tert-OH is 2. The molecule has 1 aliphatic rings. The molecule has 0 radical (unpaired) electrons. The molecule has 0 atom stereocenters. The van der Waals surface area contributed by atoms with Gasteiger partial charge < -0.3 is 64.8 Å². The molecule has 29 nitrogen and oxygen atoms in total. The summed E-state index contributed by atoms with van der Waals surface area (Å²) >= 11 is 18.4. The fraction of sp³-hybridized carbons (Fsp3) is 0.241. The van der Waals surface area contributed by atoms with Crippen molar-refractivity contribution in [3.8, 4) is 6.07 Å². The molecule has 0 spiro atoms. The Hall–Kier alpha value is -14.9. The lowest BCUT2D eigenvalue weighted by molar-refractivity contribution is -0.141. The van der Waals surface area contributed by atoms with Crippen molar-refractivity contribution in [2.75, 3.05) is 78.7 Å². The van der Waals surface area contributed by atoms with Crippen molar-refractivity contribution in [3.63, 3.8) is 0 Å². The second-order valence-electron chi connectivity index (χ2n) is 31.6. The van der Waals surface area contributed by atoms with Crippen molar-refractivity contribution in [2.24, 2.45) is 10.8 Å². The first-order valence-electron chi connectivity index (χ1n) is 44.8. The van der Waals surface area contributed by atoms with Gasteiger partial charge in [-0.05, 0) is 199 Å². The van der Waals surface area contributed by atoms with Crippen molar-refractivity contribution in [3.05, 3.63) is 389 Å². The Bertz CT molecular complexity index is 6660. The van der Waals surface area contributed by atoms with E-state index in [1.165, 1.54) is 71.2 Å². The fourth-order valence-electron chi connectivity index (χ4n) is 13.4. The lowest BCUT2D eigenvalue weighted by Crippen LogP contribution is -2.30. The van der Waals surface area contributed by atoms with Gasteiger partial charge >= 0.3 is 53.9 Å². The molecule has 4 heterocycles. The molecule has 8 N–H and O–H groups in total. The number of nitriles is 1. The van der Waals surface area contributed by atoms with E-state index >= 15 is 0 Å². The van der Waals surface area contributed by atoms with E-state index in [4.69, 9.17) is 64.7 Å². The minimum absolute atomic E-state index is 0.0232. The Labute approximate surface area is 873 Å². The Morgan fingerprint density at radius 2 is 0.904 bits per heavy atom. The molecule has 38 heteroatoms. The Balaban J connectivity index is 0.000000244. The van der Waals surface area contributed by atoms with E-state index in [9.17, 15) is 61.1 Å². The summed E-state index contributed by atoms with van der Waals surface area (Å²) in [4.78, 5) is 130. The highest BCUT2D eigenvalue weighted by Crippen LogP contribution is 2.36. The van der Waals surface area contributed by atoms with Crippen LogP contribution in [0.2, 0.25) is 5.02 Å². The number of carboxylic acids is 2. The van der Waals surface area contributed by atoms with Crippen LogP contribution >= 0.6 is 73.8 Å². The Kier molecular flexibility index (Phi) is 50.6. The van der Waals surface area contributed by atoms with E-state index in [-0.39, 0.29) is 65.8 Å². The number of methoxy groups -OCH3 is 5. The average Bonchev–Trinajstić information content (AvgIpc) is 1.16. The Morgan fingerprint density at radius 3 is 1.33 bits per heavy atom. The van der Waals surface area contributed by atoms with Gasteiger partial charge in [-0.2, -0.15) is 23.5 Å². The van der Waals surface area contributed by atoms with Crippen LogP contribution in [-0.2, 0) is 96.1 Å². The number of aliphatic hydroxyl groups is 2. The van der Waals surface area contributed by atoms with Gasteiger partial charge in [0, 0.05) is 111 Å². The van der Waals surface area contributed by atoms with Gasteiger partial charge in [-0.15, -0.1) is 34.0 Å². The number of nitrogens with zero attached hydrogens (tertiary/aromatic N) is 6. The number of benzene rings is 10. The van der Waals surface area contributed by atoms with Crippen LogP contribution in [-0.4, -0.2) is 175 Å². The first-order chi connectivity index (χ1) is 70.0. The number of amides is 2. The number of hydrazone groups is 1. The number of alkyl halides is 4. The van der Waals surface area contributed by atoms with E-state index in [0.717, 1.165) is 138 Å². The van der Waals surface area contributed by atoms with E-state index in [2.05, 4.69) is 70.6 Å². The summed E-state index contributed by atoms with van der Waals surface area (Å²) in [6, 6.07) is 67.2.